The lowest BCUT2D eigenvalue weighted by molar-refractivity contribution is 0.0967. The normalized spacial score (nSPS) is 24.6. The van der Waals surface area contributed by atoms with Crippen LogP contribution in [0.5, 0.6) is 5.88 Å². The average Bonchev–Trinajstić information content (AvgIpc) is 2.67. The van der Waals surface area contributed by atoms with Gasteiger partial charge in [-0.25, -0.2) is 9.98 Å². The molecule has 1 aliphatic heterocycles. The van der Waals surface area contributed by atoms with Gasteiger partial charge in [0.1, 0.15) is 11.9 Å². The Bertz CT molecular complexity index is 882. The largest absolute Gasteiger partial charge is 0.463 e. The molecule has 6 nitrogen and oxygen atoms in total. The second-order valence-electron chi connectivity index (χ2n) is 8.46. The van der Waals surface area contributed by atoms with Gasteiger partial charge in [-0.2, -0.15) is 4.98 Å². The van der Waals surface area contributed by atoms with E-state index in [-0.39, 0.29) is 6.10 Å². The lowest BCUT2D eigenvalue weighted by atomic mass is 9.77. The predicted molar refractivity (Wildman–Crippen MR) is 110 cm³/mol. The first-order chi connectivity index (χ1) is 13.3. The van der Waals surface area contributed by atoms with E-state index in [1.807, 2.05) is 20.8 Å². The molecular weight excluding hydrogens is 352 g/mol. The first-order valence-electron chi connectivity index (χ1n) is 10.0. The van der Waals surface area contributed by atoms with Gasteiger partial charge in [0.2, 0.25) is 5.88 Å². The molecule has 1 aliphatic carbocycles. The summed E-state index contributed by atoms with van der Waals surface area (Å²) in [4.78, 5) is 12.9. The average molecular weight is 380 g/mol. The lowest BCUT2D eigenvalue weighted by Crippen LogP contribution is -2.41. The topological polar surface area (TPSA) is 93.6 Å². The molecule has 1 unspecified atom stereocenters. The molecule has 1 atom stereocenters. The highest BCUT2D eigenvalue weighted by Gasteiger charge is 2.35. The fourth-order valence-corrected chi connectivity index (χ4v) is 4.35. The highest BCUT2D eigenvalue weighted by molar-refractivity contribution is 6.09. The third-order valence-electron chi connectivity index (χ3n) is 6.07. The first kappa shape index (κ1) is 18.9. The molecule has 2 heterocycles. The Morgan fingerprint density at radius 1 is 1.11 bits per heavy atom. The van der Waals surface area contributed by atoms with Gasteiger partial charge in [-0.3, -0.25) is 0 Å². The minimum Gasteiger partial charge on any atom is -0.463 e. The molecule has 0 amide bonds. The molecule has 0 saturated heterocycles. The molecule has 2 aliphatic rings. The Kier molecular flexibility index (Phi) is 4.83. The number of anilines is 1. The highest BCUT2D eigenvalue weighted by Crippen LogP contribution is 2.40. The van der Waals surface area contributed by atoms with Crippen LogP contribution in [-0.4, -0.2) is 32.5 Å². The number of aliphatic hydroxyl groups excluding tert-OH is 1. The Morgan fingerprint density at radius 2 is 1.79 bits per heavy atom. The molecule has 3 N–H and O–H groups in total. The molecule has 0 radical (unpaired) electrons. The minimum atomic E-state index is -0.607. The van der Waals surface area contributed by atoms with E-state index in [9.17, 15) is 5.11 Å². The number of rotatable bonds is 3. The van der Waals surface area contributed by atoms with Crippen molar-refractivity contribution in [3.8, 4) is 5.88 Å². The molecule has 1 saturated carbocycles. The van der Waals surface area contributed by atoms with Crippen molar-refractivity contribution in [3.63, 3.8) is 0 Å². The van der Waals surface area contributed by atoms with E-state index in [1.54, 1.807) is 0 Å². The third-order valence-corrected chi connectivity index (χ3v) is 6.07. The maximum atomic E-state index is 9.81. The number of benzene rings is 1. The summed E-state index contributed by atoms with van der Waals surface area (Å²) in [6.07, 6.45) is 5.64. The summed E-state index contributed by atoms with van der Waals surface area (Å²) in [7, 11) is 0. The fourth-order valence-electron chi connectivity index (χ4n) is 4.35. The molecule has 1 aromatic carbocycles. The Labute approximate surface area is 165 Å². The van der Waals surface area contributed by atoms with E-state index >= 15 is 0 Å². The Hall–Kier alpha value is -2.47. The van der Waals surface area contributed by atoms with Crippen LogP contribution in [0.3, 0.4) is 0 Å². The zero-order valence-electron chi connectivity index (χ0n) is 16.7. The monoisotopic (exact) mass is 380 g/mol. The molecule has 0 spiro atoms. The highest BCUT2D eigenvalue weighted by atomic mass is 16.5. The van der Waals surface area contributed by atoms with Crippen molar-refractivity contribution in [2.45, 2.75) is 64.1 Å². The Morgan fingerprint density at radius 3 is 2.43 bits per heavy atom. The zero-order valence-corrected chi connectivity index (χ0v) is 16.7. The van der Waals surface area contributed by atoms with Gasteiger partial charge in [-0.15, -0.1) is 0 Å². The number of aromatic nitrogens is 2. The van der Waals surface area contributed by atoms with Gasteiger partial charge in [0.05, 0.1) is 11.8 Å². The van der Waals surface area contributed by atoms with Crippen molar-refractivity contribution in [2.24, 2.45) is 10.9 Å². The Balaban J connectivity index is 1.58. The van der Waals surface area contributed by atoms with E-state index in [0.717, 1.165) is 37.0 Å². The van der Waals surface area contributed by atoms with Crippen LogP contribution >= 0.6 is 0 Å². The minimum absolute atomic E-state index is 0.200. The number of hydrogen-bond donors (Lipinski definition) is 2. The maximum absolute atomic E-state index is 9.81. The van der Waals surface area contributed by atoms with Crippen molar-refractivity contribution in [2.75, 3.05) is 5.73 Å². The summed E-state index contributed by atoms with van der Waals surface area (Å²) in [6, 6.07) is 8.62. The third kappa shape index (κ3) is 3.49. The second-order valence-corrected chi connectivity index (χ2v) is 8.46. The van der Waals surface area contributed by atoms with Gasteiger partial charge in [0, 0.05) is 5.56 Å². The molecule has 148 valence electrons. The summed E-state index contributed by atoms with van der Waals surface area (Å²) in [6.45, 7) is 5.88. The van der Waals surface area contributed by atoms with Crippen molar-refractivity contribution < 1.29 is 9.84 Å². The molecule has 28 heavy (non-hydrogen) atoms. The van der Waals surface area contributed by atoms with Gasteiger partial charge in [0.25, 0.3) is 0 Å². The van der Waals surface area contributed by atoms with Gasteiger partial charge < -0.3 is 15.6 Å². The molecular formula is C22H28N4O2. The molecule has 0 bridgehead atoms. The molecule has 1 aromatic heterocycles. The van der Waals surface area contributed by atoms with E-state index in [0.29, 0.717) is 29.2 Å². The quantitative estimate of drug-likeness (QED) is 0.839. The van der Waals surface area contributed by atoms with Crippen molar-refractivity contribution in [1.82, 2.24) is 9.97 Å². The van der Waals surface area contributed by atoms with Gasteiger partial charge in [-0.1, -0.05) is 24.3 Å². The number of aliphatic imine (C=N–C) groups is 1. The maximum Gasteiger partial charge on any atom is 0.246 e. The smallest absolute Gasteiger partial charge is 0.246 e. The molecule has 1 fully saturated rings. The van der Waals surface area contributed by atoms with E-state index in [4.69, 9.17) is 15.5 Å². The summed E-state index contributed by atoms with van der Waals surface area (Å²) in [5.74, 6) is 1.75. The number of nitrogens with two attached hydrogens (primary N) is 1. The van der Waals surface area contributed by atoms with Gasteiger partial charge in [-0.05, 0) is 63.9 Å². The van der Waals surface area contributed by atoms with Crippen LogP contribution < -0.4 is 10.5 Å². The van der Waals surface area contributed by atoms with Crippen LogP contribution in [0.15, 0.2) is 35.6 Å². The van der Waals surface area contributed by atoms with E-state index < -0.39 is 5.60 Å². The van der Waals surface area contributed by atoms with Crippen LogP contribution in [0.4, 0.5) is 11.5 Å². The number of aliphatic hydroxyl groups is 1. The number of hydrogen-bond acceptors (Lipinski definition) is 6. The number of nitrogens with zero attached hydrogens (tertiary/aromatic N) is 3. The standard InChI is InChI=1S/C22H28N4O2/c1-13(27)14-4-6-15(7-5-14)16-8-10-17(11-9-16)19-22(2,3)28-21-18(26-19)20(23)24-12-25-21/h8-15,27H,4-7H2,1-3H3,(H2,23,24,25). The van der Waals surface area contributed by atoms with Gasteiger partial charge in [0.15, 0.2) is 11.5 Å². The molecule has 6 heteroatoms. The zero-order chi connectivity index (χ0) is 19.9. The van der Waals surface area contributed by atoms with E-state index in [1.165, 1.54) is 11.9 Å². The number of ether oxygens (including phenoxy) is 1. The summed E-state index contributed by atoms with van der Waals surface area (Å²) < 4.78 is 6.06. The summed E-state index contributed by atoms with van der Waals surface area (Å²) in [5, 5.41) is 9.81. The summed E-state index contributed by atoms with van der Waals surface area (Å²) >= 11 is 0. The van der Waals surface area contributed by atoms with Crippen LogP contribution in [0.1, 0.15) is 63.5 Å². The van der Waals surface area contributed by atoms with Crippen molar-refractivity contribution >= 4 is 17.2 Å². The van der Waals surface area contributed by atoms with E-state index in [2.05, 4.69) is 34.2 Å². The second kappa shape index (κ2) is 7.17. The van der Waals surface area contributed by atoms with Crippen molar-refractivity contribution in [1.29, 1.82) is 0 Å². The van der Waals surface area contributed by atoms with Crippen LogP contribution in [0.25, 0.3) is 0 Å². The number of fused-ring (bicyclic) bond motifs is 1. The number of nitrogen functional groups attached to an aromatic ring is 1. The van der Waals surface area contributed by atoms with Crippen molar-refractivity contribution in [3.05, 3.63) is 41.7 Å². The van der Waals surface area contributed by atoms with Crippen LogP contribution in [-0.2, 0) is 0 Å². The van der Waals surface area contributed by atoms with Crippen LogP contribution in [0, 0.1) is 5.92 Å². The van der Waals surface area contributed by atoms with Crippen LogP contribution in [0.2, 0.25) is 0 Å². The lowest BCUT2D eigenvalue weighted by Gasteiger charge is -2.32. The van der Waals surface area contributed by atoms with Gasteiger partial charge >= 0.3 is 0 Å². The fraction of sp³-hybridized carbons (Fsp3) is 0.500. The molecule has 2 aromatic rings. The SMILES string of the molecule is CC(O)C1CCC(c2ccc(C3=Nc4c(N)ncnc4OC3(C)C)cc2)CC1. The molecule has 4 rings (SSSR count). The predicted octanol–water partition coefficient (Wildman–Crippen LogP) is 4.01. The summed E-state index contributed by atoms with van der Waals surface area (Å²) in [5.41, 5.74) is 9.05. The first-order valence-corrected chi connectivity index (χ1v) is 10.0.